The van der Waals surface area contributed by atoms with Gasteiger partial charge in [-0.1, -0.05) is 24.8 Å². The third-order valence-corrected chi connectivity index (χ3v) is 3.42. The molecule has 0 spiro atoms. The lowest BCUT2D eigenvalue weighted by molar-refractivity contribution is 0.335. The SMILES string of the molecule is C=CCOc1ccc(CNCCN2CCCC2)cc1. The van der Waals surface area contributed by atoms with Crippen LogP contribution < -0.4 is 10.1 Å². The summed E-state index contributed by atoms with van der Waals surface area (Å²) in [6.45, 7) is 9.91. The maximum Gasteiger partial charge on any atom is 0.119 e. The highest BCUT2D eigenvalue weighted by Crippen LogP contribution is 2.12. The summed E-state index contributed by atoms with van der Waals surface area (Å²) in [5, 5.41) is 3.49. The third kappa shape index (κ3) is 5.05. The first-order valence-electron chi connectivity index (χ1n) is 7.14. The van der Waals surface area contributed by atoms with E-state index in [0.29, 0.717) is 6.61 Å². The molecule has 3 heteroatoms. The van der Waals surface area contributed by atoms with E-state index in [1.807, 2.05) is 12.1 Å². The Balaban J connectivity index is 1.63. The summed E-state index contributed by atoms with van der Waals surface area (Å²) in [4.78, 5) is 2.53. The monoisotopic (exact) mass is 260 g/mol. The quantitative estimate of drug-likeness (QED) is 0.574. The molecule has 1 saturated heterocycles. The van der Waals surface area contributed by atoms with E-state index < -0.39 is 0 Å². The van der Waals surface area contributed by atoms with Crippen LogP contribution in [0.1, 0.15) is 18.4 Å². The number of nitrogens with zero attached hydrogens (tertiary/aromatic N) is 1. The van der Waals surface area contributed by atoms with Crippen molar-refractivity contribution in [3.05, 3.63) is 42.5 Å². The Hall–Kier alpha value is -1.32. The normalized spacial score (nSPS) is 15.6. The second-order valence-corrected chi connectivity index (χ2v) is 4.97. The van der Waals surface area contributed by atoms with Crippen LogP contribution in [0.3, 0.4) is 0 Å². The zero-order valence-corrected chi connectivity index (χ0v) is 11.6. The van der Waals surface area contributed by atoms with Crippen molar-refractivity contribution in [2.24, 2.45) is 0 Å². The summed E-state index contributed by atoms with van der Waals surface area (Å²) in [5.41, 5.74) is 1.30. The minimum absolute atomic E-state index is 0.563. The van der Waals surface area contributed by atoms with Crippen molar-refractivity contribution in [3.63, 3.8) is 0 Å². The second kappa shape index (κ2) is 7.97. The molecule has 1 N–H and O–H groups in total. The number of likely N-dealkylation sites (tertiary alicyclic amines) is 1. The molecule has 1 aliphatic heterocycles. The molecule has 0 atom stereocenters. The van der Waals surface area contributed by atoms with Crippen molar-refractivity contribution >= 4 is 0 Å². The van der Waals surface area contributed by atoms with Crippen LogP contribution >= 0.6 is 0 Å². The Labute approximate surface area is 116 Å². The van der Waals surface area contributed by atoms with Crippen LogP contribution in [0.25, 0.3) is 0 Å². The fourth-order valence-electron chi connectivity index (χ4n) is 2.33. The number of hydrogen-bond donors (Lipinski definition) is 1. The second-order valence-electron chi connectivity index (χ2n) is 4.97. The predicted octanol–water partition coefficient (Wildman–Crippen LogP) is 2.44. The standard InChI is InChI=1S/C16H24N2O/c1-2-13-19-16-7-5-15(6-8-16)14-17-9-12-18-10-3-4-11-18/h2,5-8,17H,1,3-4,9-14H2. The fourth-order valence-corrected chi connectivity index (χ4v) is 2.33. The van der Waals surface area contributed by atoms with Crippen LogP contribution in [0.5, 0.6) is 5.75 Å². The molecule has 0 aromatic heterocycles. The molecule has 19 heavy (non-hydrogen) atoms. The van der Waals surface area contributed by atoms with E-state index in [-0.39, 0.29) is 0 Å². The highest BCUT2D eigenvalue weighted by molar-refractivity contribution is 5.27. The number of nitrogens with one attached hydrogen (secondary N) is 1. The van der Waals surface area contributed by atoms with Crippen molar-refractivity contribution in [2.45, 2.75) is 19.4 Å². The minimum atomic E-state index is 0.563. The van der Waals surface area contributed by atoms with E-state index in [1.54, 1.807) is 6.08 Å². The molecular formula is C16H24N2O. The number of rotatable bonds is 8. The van der Waals surface area contributed by atoms with E-state index in [4.69, 9.17) is 4.74 Å². The van der Waals surface area contributed by atoms with E-state index in [0.717, 1.165) is 18.8 Å². The Morgan fingerprint density at radius 1 is 1.21 bits per heavy atom. The largest absolute Gasteiger partial charge is 0.490 e. The van der Waals surface area contributed by atoms with Crippen LogP contribution in [-0.4, -0.2) is 37.7 Å². The molecule has 104 valence electrons. The molecule has 1 aromatic rings. The molecule has 1 heterocycles. The van der Waals surface area contributed by atoms with E-state index in [9.17, 15) is 0 Å². The highest BCUT2D eigenvalue weighted by Gasteiger charge is 2.09. The molecular weight excluding hydrogens is 236 g/mol. The van der Waals surface area contributed by atoms with Crippen molar-refractivity contribution in [1.29, 1.82) is 0 Å². The molecule has 0 aliphatic carbocycles. The fraction of sp³-hybridized carbons (Fsp3) is 0.500. The third-order valence-electron chi connectivity index (χ3n) is 3.42. The lowest BCUT2D eigenvalue weighted by Crippen LogP contribution is -2.29. The lowest BCUT2D eigenvalue weighted by atomic mass is 10.2. The first-order valence-corrected chi connectivity index (χ1v) is 7.14. The summed E-state index contributed by atoms with van der Waals surface area (Å²) in [7, 11) is 0. The lowest BCUT2D eigenvalue weighted by Gasteiger charge is -2.14. The Morgan fingerprint density at radius 3 is 2.63 bits per heavy atom. The zero-order valence-electron chi connectivity index (χ0n) is 11.6. The average Bonchev–Trinajstić information content (AvgIpc) is 2.96. The van der Waals surface area contributed by atoms with Crippen LogP contribution in [0, 0.1) is 0 Å². The smallest absolute Gasteiger partial charge is 0.119 e. The van der Waals surface area contributed by atoms with Crippen LogP contribution in [0.4, 0.5) is 0 Å². The van der Waals surface area contributed by atoms with E-state index in [2.05, 4.69) is 28.9 Å². The van der Waals surface area contributed by atoms with Gasteiger partial charge in [0.25, 0.3) is 0 Å². The minimum Gasteiger partial charge on any atom is -0.490 e. The number of ether oxygens (including phenoxy) is 1. The number of hydrogen-bond acceptors (Lipinski definition) is 3. The van der Waals surface area contributed by atoms with Gasteiger partial charge in [-0.2, -0.15) is 0 Å². The van der Waals surface area contributed by atoms with E-state index in [1.165, 1.54) is 38.0 Å². The molecule has 1 fully saturated rings. The van der Waals surface area contributed by atoms with Gasteiger partial charge in [0.15, 0.2) is 0 Å². The predicted molar refractivity (Wildman–Crippen MR) is 79.5 cm³/mol. The van der Waals surface area contributed by atoms with Gasteiger partial charge < -0.3 is 15.0 Å². The summed E-state index contributed by atoms with van der Waals surface area (Å²) in [6.07, 6.45) is 4.49. The Morgan fingerprint density at radius 2 is 1.95 bits per heavy atom. The Kier molecular flexibility index (Phi) is 5.92. The topological polar surface area (TPSA) is 24.5 Å². The Bertz CT molecular complexity index is 369. The molecule has 0 radical (unpaired) electrons. The first-order chi connectivity index (χ1) is 9.38. The average molecular weight is 260 g/mol. The van der Waals surface area contributed by atoms with Crippen molar-refractivity contribution in [1.82, 2.24) is 10.2 Å². The molecule has 1 aliphatic rings. The maximum atomic E-state index is 5.46. The van der Waals surface area contributed by atoms with Crippen LogP contribution in [-0.2, 0) is 6.54 Å². The summed E-state index contributed by atoms with van der Waals surface area (Å²) < 4.78 is 5.46. The zero-order chi connectivity index (χ0) is 13.3. The van der Waals surface area contributed by atoms with Gasteiger partial charge in [0.2, 0.25) is 0 Å². The molecule has 1 aromatic carbocycles. The van der Waals surface area contributed by atoms with Crippen molar-refractivity contribution in [2.75, 3.05) is 32.8 Å². The summed E-state index contributed by atoms with van der Waals surface area (Å²) in [5.74, 6) is 0.903. The highest BCUT2D eigenvalue weighted by atomic mass is 16.5. The number of benzene rings is 1. The van der Waals surface area contributed by atoms with Crippen molar-refractivity contribution < 1.29 is 4.74 Å². The van der Waals surface area contributed by atoms with Gasteiger partial charge in [0, 0.05) is 19.6 Å². The summed E-state index contributed by atoms with van der Waals surface area (Å²) >= 11 is 0. The van der Waals surface area contributed by atoms with Gasteiger partial charge in [-0.15, -0.1) is 0 Å². The van der Waals surface area contributed by atoms with E-state index >= 15 is 0 Å². The van der Waals surface area contributed by atoms with Crippen LogP contribution in [0.2, 0.25) is 0 Å². The van der Waals surface area contributed by atoms with Gasteiger partial charge >= 0.3 is 0 Å². The molecule has 2 rings (SSSR count). The van der Waals surface area contributed by atoms with Gasteiger partial charge in [-0.25, -0.2) is 0 Å². The molecule has 0 saturated carbocycles. The molecule has 0 amide bonds. The van der Waals surface area contributed by atoms with Crippen molar-refractivity contribution in [3.8, 4) is 5.75 Å². The van der Waals surface area contributed by atoms with Gasteiger partial charge in [0.05, 0.1) is 0 Å². The van der Waals surface area contributed by atoms with Gasteiger partial charge in [-0.3, -0.25) is 0 Å². The molecule has 3 nitrogen and oxygen atoms in total. The molecule has 0 unspecified atom stereocenters. The first kappa shape index (κ1) is 14.1. The van der Waals surface area contributed by atoms with Gasteiger partial charge in [-0.05, 0) is 43.6 Å². The van der Waals surface area contributed by atoms with Gasteiger partial charge in [0.1, 0.15) is 12.4 Å². The molecule has 0 bridgehead atoms. The van der Waals surface area contributed by atoms with Crippen LogP contribution in [0.15, 0.2) is 36.9 Å². The maximum absolute atomic E-state index is 5.46. The summed E-state index contributed by atoms with van der Waals surface area (Å²) in [6, 6.07) is 8.25.